The van der Waals surface area contributed by atoms with E-state index in [0.29, 0.717) is 10.6 Å². The minimum absolute atomic E-state index is 0.000178. The number of nitro groups is 1. The summed E-state index contributed by atoms with van der Waals surface area (Å²) in [6.07, 6.45) is 5.67. The summed E-state index contributed by atoms with van der Waals surface area (Å²) in [6.45, 7) is 0. The minimum Gasteiger partial charge on any atom is -0.331 e. The number of carbonyl (C=O) groups excluding carboxylic acids is 1. The SMILES string of the molecule is O=C(NNC(=S)Nc1ccc([N+](=O)[O-])cc1)c1cc2c(s1)CCCCC2. The van der Waals surface area contributed by atoms with Crippen molar-refractivity contribution >= 4 is 45.9 Å². The third-order valence-electron chi connectivity index (χ3n) is 4.10. The quantitative estimate of drug-likeness (QED) is 0.321. The first-order chi connectivity index (χ1) is 12.5. The molecule has 0 aliphatic heterocycles. The van der Waals surface area contributed by atoms with Crippen LogP contribution in [0, 0.1) is 10.1 Å². The Kier molecular flexibility index (Phi) is 5.79. The number of hydrogen-bond acceptors (Lipinski definition) is 5. The van der Waals surface area contributed by atoms with Crippen molar-refractivity contribution in [1.29, 1.82) is 0 Å². The van der Waals surface area contributed by atoms with E-state index < -0.39 is 4.92 Å². The molecule has 0 unspecified atom stereocenters. The van der Waals surface area contributed by atoms with E-state index in [9.17, 15) is 14.9 Å². The number of amides is 1. The van der Waals surface area contributed by atoms with Gasteiger partial charge >= 0.3 is 0 Å². The molecule has 1 aliphatic carbocycles. The summed E-state index contributed by atoms with van der Waals surface area (Å²) in [7, 11) is 0. The summed E-state index contributed by atoms with van der Waals surface area (Å²) < 4.78 is 0. The fraction of sp³-hybridized carbons (Fsp3) is 0.294. The Balaban J connectivity index is 1.52. The van der Waals surface area contributed by atoms with E-state index >= 15 is 0 Å². The van der Waals surface area contributed by atoms with Gasteiger partial charge in [-0.1, -0.05) is 6.42 Å². The maximum absolute atomic E-state index is 12.3. The van der Waals surface area contributed by atoms with Crippen LogP contribution in [-0.2, 0) is 12.8 Å². The highest BCUT2D eigenvalue weighted by atomic mass is 32.1. The number of non-ortho nitro benzene ring substituents is 1. The number of hydrogen-bond donors (Lipinski definition) is 3. The zero-order chi connectivity index (χ0) is 18.5. The number of hydrazine groups is 1. The normalized spacial score (nSPS) is 13.2. The molecule has 0 bridgehead atoms. The molecule has 7 nitrogen and oxygen atoms in total. The van der Waals surface area contributed by atoms with Gasteiger partial charge in [-0.05, 0) is 61.7 Å². The highest BCUT2D eigenvalue weighted by Crippen LogP contribution is 2.28. The first-order valence-corrected chi connectivity index (χ1v) is 9.49. The van der Waals surface area contributed by atoms with E-state index in [1.807, 2.05) is 6.07 Å². The number of thiocarbonyl (C=S) groups is 1. The third-order valence-corrected chi connectivity index (χ3v) is 5.54. The standard InChI is InChI=1S/C17H18N4O3S2/c22-16(15-10-11-4-2-1-3-5-14(11)26-15)19-20-17(25)18-12-6-8-13(9-7-12)21(23)24/h6-10H,1-5H2,(H,19,22)(H2,18,20,25). The van der Waals surface area contributed by atoms with Gasteiger partial charge in [0.25, 0.3) is 11.6 Å². The molecule has 0 saturated carbocycles. The molecule has 3 rings (SSSR count). The zero-order valence-electron chi connectivity index (χ0n) is 13.9. The lowest BCUT2D eigenvalue weighted by Gasteiger charge is -2.10. The Labute approximate surface area is 159 Å². The van der Waals surface area contributed by atoms with Crippen molar-refractivity contribution in [2.75, 3.05) is 5.32 Å². The van der Waals surface area contributed by atoms with Crippen LogP contribution in [0.3, 0.4) is 0 Å². The van der Waals surface area contributed by atoms with Crippen LogP contribution in [0.15, 0.2) is 30.3 Å². The van der Waals surface area contributed by atoms with Crippen molar-refractivity contribution in [1.82, 2.24) is 10.9 Å². The van der Waals surface area contributed by atoms with E-state index in [4.69, 9.17) is 12.2 Å². The number of thiophene rings is 1. The first kappa shape index (κ1) is 18.3. The Bertz CT molecular complexity index is 810. The van der Waals surface area contributed by atoms with Gasteiger partial charge in [-0.3, -0.25) is 25.8 Å². The van der Waals surface area contributed by atoms with Crippen LogP contribution in [-0.4, -0.2) is 15.9 Å². The second kappa shape index (κ2) is 8.24. The highest BCUT2D eigenvalue weighted by molar-refractivity contribution is 7.80. The van der Waals surface area contributed by atoms with Gasteiger partial charge in [-0.2, -0.15) is 0 Å². The highest BCUT2D eigenvalue weighted by Gasteiger charge is 2.16. The van der Waals surface area contributed by atoms with Crippen molar-refractivity contribution in [3.8, 4) is 0 Å². The number of nitro benzene ring substituents is 1. The van der Waals surface area contributed by atoms with Crippen molar-refractivity contribution in [3.05, 3.63) is 55.8 Å². The molecule has 26 heavy (non-hydrogen) atoms. The summed E-state index contributed by atoms with van der Waals surface area (Å²) in [6, 6.07) is 7.81. The molecule has 1 heterocycles. The maximum atomic E-state index is 12.3. The van der Waals surface area contributed by atoms with Gasteiger partial charge in [0.1, 0.15) is 0 Å². The number of benzene rings is 1. The Morgan fingerprint density at radius 1 is 1.12 bits per heavy atom. The molecular formula is C17H18N4O3S2. The van der Waals surface area contributed by atoms with Crippen LogP contribution in [0.5, 0.6) is 0 Å². The van der Waals surface area contributed by atoms with Crippen LogP contribution in [0.25, 0.3) is 0 Å². The molecule has 1 aromatic carbocycles. The Morgan fingerprint density at radius 3 is 2.58 bits per heavy atom. The van der Waals surface area contributed by atoms with E-state index in [1.54, 1.807) is 12.1 Å². The molecule has 0 spiro atoms. The molecule has 2 aromatic rings. The molecular weight excluding hydrogens is 372 g/mol. The molecule has 9 heteroatoms. The predicted octanol–water partition coefficient (Wildman–Crippen LogP) is 3.56. The van der Waals surface area contributed by atoms with Gasteiger partial charge in [0.2, 0.25) is 0 Å². The lowest BCUT2D eigenvalue weighted by atomic mass is 10.1. The topological polar surface area (TPSA) is 96.3 Å². The van der Waals surface area contributed by atoms with E-state index in [-0.39, 0.29) is 16.7 Å². The number of fused-ring (bicyclic) bond motifs is 1. The number of carbonyl (C=O) groups is 1. The largest absolute Gasteiger partial charge is 0.331 e. The predicted molar refractivity (Wildman–Crippen MR) is 105 cm³/mol. The average Bonchev–Trinajstić information content (AvgIpc) is 2.91. The lowest BCUT2D eigenvalue weighted by molar-refractivity contribution is -0.384. The Hall–Kier alpha value is -2.52. The first-order valence-electron chi connectivity index (χ1n) is 8.26. The van der Waals surface area contributed by atoms with Crippen molar-refractivity contribution in [2.24, 2.45) is 0 Å². The van der Waals surface area contributed by atoms with Crippen LogP contribution < -0.4 is 16.2 Å². The van der Waals surface area contributed by atoms with Gasteiger partial charge in [-0.15, -0.1) is 11.3 Å². The summed E-state index contributed by atoms with van der Waals surface area (Å²) >= 11 is 6.66. The number of rotatable bonds is 3. The fourth-order valence-corrected chi connectivity index (χ4v) is 4.10. The van der Waals surface area contributed by atoms with Crippen LogP contribution in [0.2, 0.25) is 0 Å². The summed E-state index contributed by atoms with van der Waals surface area (Å²) in [5.41, 5.74) is 7.11. The minimum atomic E-state index is -0.469. The summed E-state index contributed by atoms with van der Waals surface area (Å²) in [5, 5.41) is 13.7. The van der Waals surface area contributed by atoms with E-state index in [1.165, 1.54) is 53.2 Å². The number of anilines is 1. The summed E-state index contributed by atoms with van der Waals surface area (Å²) in [5.74, 6) is -0.226. The summed E-state index contributed by atoms with van der Waals surface area (Å²) in [4.78, 5) is 24.4. The van der Waals surface area contributed by atoms with Gasteiger partial charge in [0, 0.05) is 22.7 Å². The van der Waals surface area contributed by atoms with Gasteiger partial charge < -0.3 is 5.32 Å². The monoisotopic (exact) mass is 390 g/mol. The van der Waals surface area contributed by atoms with E-state index in [2.05, 4.69) is 16.2 Å². The van der Waals surface area contributed by atoms with Gasteiger partial charge in [0.05, 0.1) is 9.80 Å². The number of nitrogens with zero attached hydrogens (tertiary/aromatic N) is 1. The lowest BCUT2D eigenvalue weighted by Crippen LogP contribution is -2.43. The number of nitrogens with one attached hydrogen (secondary N) is 3. The molecule has 136 valence electrons. The molecule has 0 atom stereocenters. The fourth-order valence-electron chi connectivity index (χ4n) is 2.78. The van der Waals surface area contributed by atoms with E-state index in [0.717, 1.165) is 12.8 Å². The molecule has 3 N–H and O–H groups in total. The smallest absolute Gasteiger partial charge is 0.279 e. The molecule has 1 aliphatic rings. The van der Waals surface area contributed by atoms with Crippen LogP contribution >= 0.6 is 23.6 Å². The zero-order valence-corrected chi connectivity index (χ0v) is 15.5. The van der Waals surface area contributed by atoms with Crippen LogP contribution in [0.4, 0.5) is 11.4 Å². The second-order valence-electron chi connectivity index (χ2n) is 5.96. The van der Waals surface area contributed by atoms with Crippen molar-refractivity contribution in [2.45, 2.75) is 32.1 Å². The molecule has 0 saturated heterocycles. The van der Waals surface area contributed by atoms with Crippen molar-refractivity contribution < 1.29 is 9.72 Å². The molecule has 0 fully saturated rings. The molecule has 0 radical (unpaired) electrons. The van der Waals surface area contributed by atoms with Gasteiger partial charge in [0.15, 0.2) is 5.11 Å². The third kappa shape index (κ3) is 4.55. The molecule has 1 aromatic heterocycles. The number of aryl methyl sites for hydroxylation is 2. The Morgan fingerprint density at radius 2 is 1.85 bits per heavy atom. The average molecular weight is 390 g/mol. The maximum Gasteiger partial charge on any atom is 0.279 e. The van der Waals surface area contributed by atoms with Crippen LogP contribution in [0.1, 0.15) is 39.4 Å². The van der Waals surface area contributed by atoms with Crippen molar-refractivity contribution in [3.63, 3.8) is 0 Å². The van der Waals surface area contributed by atoms with Gasteiger partial charge in [-0.25, -0.2) is 0 Å². The second-order valence-corrected chi connectivity index (χ2v) is 7.50. The molecule has 1 amide bonds.